The maximum atomic E-state index is 11.6. The number of hydrogen-bond acceptors (Lipinski definition) is 5. The zero-order valence-electron chi connectivity index (χ0n) is 8.59. The van der Waals surface area contributed by atoms with Gasteiger partial charge in [0, 0.05) is 22.2 Å². The number of anilines is 1. The molecular formula is C10H8BrN3OS2. The van der Waals surface area contributed by atoms with Crippen LogP contribution in [0.5, 0.6) is 0 Å². The number of pyridine rings is 1. The molecule has 0 spiro atoms. The minimum atomic E-state index is -0.0833. The van der Waals surface area contributed by atoms with Gasteiger partial charge in [0.25, 0.3) is 0 Å². The van der Waals surface area contributed by atoms with Crippen LogP contribution in [-0.4, -0.2) is 21.6 Å². The molecule has 7 heteroatoms. The molecule has 17 heavy (non-hydrogen) atoms. The average molecular weight is 330 g/mol. The number of amides is 1. The van der Waals surface area contributed by atoms with Crippen molar-refractivity contribution in [2.75, 3.05) is 11.1 Å². The lowest BCUT2D eigenvalue weighted by molar-refractivity contribution is -0.113. The van der Waals surface area contributed by atoms with Crippen LogP contribution >= 0.6 is 39.0 Å². The number of rotatable bonds is 4. The van der Waals surface area contributed by atoms with Crippen LogP contribution in [0.1, 0.15) is 0 Å². The summed E-state index contributed by atoms with van der Waals surface area (Å²) in [6, 6.07) is 3.58. The normalized spacial score (nSPS) is 10.2. The predicted octanol–water partition coefficient (Wildman–Crippen LogP) is 3.03. The Kier molecular flexibility index (Phi) is 4.52. The molecule has 0 aromatic carbocycles. The van der Waals surface area contributed by atoms with Gasteiger partial charge in [0.2, 0.25) is 5.91 Å². The molecule has 2 aromatic heterocycles. The highest BCUT2D eigenvalue weighted by atomic mass is 79.9. The van der Waals surface area contributed by atoms with Crippen molar-refractivity contribution in [2.24, 2.45) is 0 Å². The molecule has 0 saturated heterocycles. The Bertz CT molecular complexity index is 487. The molecule has 2 heterocycles. The zero-order valence-corrected chi connectivity index (χ0v) is 11.8. The van der Waals surface area contributed by atoms with Gasteiger partial charge in [0.15, 0.2) is 0 Å². The van der Waals surface area contributed by atoms with Crippen molar-refractivity contribution >= 4 is 50.8 Å². The van der Waals surface area contributed by atoms with E-state index >= 15 is 0 Å². The van der Waals surface area contributed by atoms with Crippen LogP contribution in [0.2, 0.25) is 0 Å². The first-order chi connectivity index (χ1) is 8.24. The summed E-state index contributed by atoms with van der Waals surface area (Å²) in [6.45, 7) is 0. The van der Waals surface area contributed by atoms with Crippen LogP contribution in [-0.2, 0) is 4.79 Å². The lowest BCUT2D eigenvalue weighted by Crippen LogP contribution is -2.14. The summed E-state index contributed by atoms with van der Waals surface area (Å²) in [4.78, 5) is 19.7. The molecule has 88 valence electrons. The fourth-order valence-electron chi connectivity index (χ4n) is 1.04. The first kappa shape index (κ1) is 12.5. The Balaban J connectivity index is 1.83. The third-order valence-electron chi connectivity index (χ3n) is 1.73. The molecule has 0 atom stereocenters. The number of carbonyl (C=O) groups is 1. The Morgan fingerprint density at radius 2 is 2.35 bits per heavy atom. The zero-order chi connectivity index (χ0) is 12.1. The summed E-state index contributed by atoms with van der Waals surface area (Å²) in [5.74, 6) is 0.809. The van der Waals surface area contributed by atoms with E-state index in [1.54, 1.807) is 18.5 Å². The smallest absolute Gasteiger partial charge is 0.235 e. The van der Waals surface area contributed by atoms with Crippen LogP contribution in [0.3, 0.4) is 0 Å². The molecular weight excluding hydrogens is 322 g/mol. The lowest BCUT2D eigenvalue weighted by atomic mass is 10.4. The Morgan fingerprint density at radius 1 is 1.47 bits per heavy atom. The third kappa shape index (κ3) is 4.10. The standard InChI is InChI=1S/C10H8BrN3OS2/c11-7-1-2-8(13-5-7)14-9(15)6-17-10-12-3-4-16-10/h1-5H,6H2,(H,13,14,15). The summed E-state index contributed by atoms with van der Waals surface area (Å²) in [6.07, 6.45) is 3.37. The Morgan fingerprint density at radius 3 is 3.00 bits per heavy atom. The molecule has 1 amide bonds. The molecule has 0 unspecified atom stereocenters. The van der Waals surface area contributed by atoms with Crippen LogP contribution in [0.15, 0.2) is 38.7 Å². The van der Waals surface area contributed by atoms with E-state index in [-0.39, 0.29) is 5.91 Å². The second-order valence-electron chi connectivity index (χ2n) is 3.00. The van der Waals surface area contributed by atoms with Gasteiger partial charge in [0.05, 0.1) is 5.75 Å². The van der Waals surface area contributed by atoms with E-state index in [1.807, 2.05) is 11.4 Å². The third-order valence-corrected chi connectivity index (χ3v) is 4.17. The van der Waals surface area contributed by atoms with Gasteiger partial charge in [-0.05, 0) is 28.1 Å². The van der Waals surface area contributed by atoms with Crippen LogP contribution < -0.4 is 5.32 Å². The highest BCUT2D eigenvalue weighted by Crippen LogP contribution is 2.20. The maximum absolute atomic E-state index is 11.6. The van der Waals surface area contributed by atoms with Crippen molar-refractivity contribution in [3.8, 4) is 0 Å². The van der Waals surface area contributed by atoms with Crippen molar-refractivity contribution in [3.05, 3.63) is 34.4 Å². The molecule has 0 aliphatic heterocycles. The highest BCUT2D eigenvalue weighted by Gasteiger charge is 2.05. The van der Waals surface area contributed by atoms with E-state index in [2.05, 4.69) is 31.2 Å². The number of aromatic nitrogens is 2. The summed E-state index contributed by atoms with van der Waals surface area (Å²) in [7, 11) is 0. The molecule has 0 aliphatic rings. The van der Waals surface area contributed by atoms with Crippen molar-refractivity contribution in [1.29, 1.82) is 0 Å². The Hall–Kier alpha value is -0.920. The molecule has 0 aliphatic carbocycles. The van der Waals surface area contributed by atoms with Crippen molar-refractivity contribution in [2.45, 2.75) is 4.34 Å². The number of nitrogens with one attached hydrogen (secondary N) is 1. The summed E-state index contributed by atoms with van der Waals surface area (Å²) < 4.78 is 1.77. The van der Waals surface area contributed by atoms with Gasteiger partial charge in [-0.15, -0.1) is 11.3 Å². The predicted molar refractivity (Wildman–Crippen MR) is 73.4 cm³/mol. The van der Waals surface area contributed by atoms with E-state index in [4.69, 9.17) is 0 Å². The van der Waals surface area contributed by atoms with E-state index in [0.29, 0.717) is 11.6 Å². The Labute approximate surface area is 115 Å². The maximum Gasteiger partial charge on any atom is 0.235 e. The molecule has 4 nitrogen and oxygen atoms in total. The van der Waals surface area contributed by atoms with E-state index < -0.39 is 0 Å². The number of carbonyl (C=O) groups excluding carboxylic acids is 1. The van der Waals surface area contributed by atoms with Crippen molar-refractivity contribution in [1.82, 2.24) is 9.97 Å². The summed E-state index contributed by atoms with van der Waals surface area (Å²) in [5.41, 5.74) is 0. The molecule has 1 N–H and O–H groups in total. The molecule has 0 saturated carbocycles. The van der Waals surface area contributed by atoms with Crippen LogP contribution in [0.4, 0.5) is 5.82 Å². The molecule has 0 bridgehead atoms. The minimum absolute atomic E-state index is 0.0833. The van der Waals surface area contributed by atoms with Gasteiger partial charge >= 0.3 is 0 Å². The van der Waals surface area contributed by atoms with Gasteiger partial charge in [-0.25, -0.2) is 9.97 Å². The van der Waals surface area contributed by atoms with E-state index in [0.717, 1.165) is 8.81 Å². The SMILES string of the molecule is O=C(CSc1nccs1)Nc1ccc(Br)cn1. The summed E-state index contributed by atoms with van der Waals surface area (Å²) in [5, 5.41) is 4.60. The fourth-order valence-corrected chi connectivity index (χ4v) is 2.71. The largest absolute Gasteiger partial charge is 0.310 e. The fraction of sp³-hybridized carbons (Fsp3) is 0.100. The first-order valence-corrected chi connectivity index (χ1v) is 7.33. The van der Waals surface area contributed by atoms with E-state index in [1.165, 1.54) is 23.1 Å². The second kappa shape index (κ2) is 6.13. The van der Waals surface area contributed by atoms with E-state index in [9.17, 15) is 4.79 Å². The number of thioether (sulfide) groups is 1. The van der Waals surface area contributed by atoms with Gasteiger partial charge in [-0.3, -0.25) is 4.79 Å². The number of halogens is 1. The van der Waals surface area contributed by atoms with Crippen molar-refractivity contribution < 1.29 is 4.79 Å². The van der Waals surface area contributed by atoms with Crippen LogP contribution in [0, 0.1) is 0 Å². The molecule has 2 aromatic rings. The van der Waals surface area contributed by atoms with Gasteiger partial charge < -0.3 is 5.32 Å². The highest BCUT2D eigenvalue weighted by molar-refractivity contribution is 9.10. The lowest BCUT2D eigenvalue weighted by Gasteiger charge is -2.02. The first-order valence-electron chi connectivity index (χ1n) is 4.68. The monoisotopic (exact) mass is 329 g/mol. The van der Waals surface area contributed by atoms with Crippen LogP contribution in [0.25, 0.3) is 0 Å². The number of thiazole rings is 1. The molecule has 2 rings (SSSR count). The average Bonchev–Trinajstić information content (AvgIpc) is 2.83. The quantitative estimate of drug-likeness (QED) is 0.876. The molecule has 0 fully saturated rings. The van der Waals surface area contributed by atoms with Crippen molar-refractivity contribution in [3.63, 3.8) is 0 Å². The summed E-state index contributed by atoms with van der Waals surface area (Å²) >= 11 is 6.22. The number of hydrogen-bond donors (Lipinski definition) is 1. The van der Waals surface area contributed by atoms with Gasteiger partial charge in [0.1, 0.15) is 10.2 Å². The molecule has 0 radical (unpaired) electrons. The van der Waals surface area contributed by atoms with Gasteiger partial charge in [-0.1, -0.05) is 11.8 Å². The van der Waals surface area contributed by atoms with Gasteiger partial charge in [-0.2, -0.15) is 0 Å². The number of nitrogens with zero attached hydrogens (tertiary/aromatic N) is 2. The minimum Gasteiger partial charge on any atom is -0.310 e. The second-order valence-corrected chi connectivity index (χ2v) is 6.03. The topological polar surface area (TPSA) is 54.9 Å².